The molecule has 3 rings (SSSR count). The van der Waals surface area contributed by atoms with Crippen LogP contribution in [0.5, 0.6) is 0 Å². The lowest BCUT2D eigenvalue weighted by Gasteiger charge is -2.20. The minimum Gasteiger partial charge on any atom is -0.347 e. The van der Waals surface area contributed by atoms with E-state index < -0.39 is 5.92 Å². The number of carbonyl (C=O) groups is 3. The molecule has 0 aliphatic carbocycles. The fourth-order valence-corrected chi connectivity index (χ4v) is 3.65. The fourth-order valence-electron chi connectivity index (χ4n) is 3.65. The molecule has 3 amide bonds. The van der Waals surface area contributed by atoms with Crippen molar-refractivity contribution in [2.75, 3.05) is 23.3 Å². The first-order valence-electron chi connectivity index (χ1n) is 9.78. The third-order valence-corrected chi connectivity index (χ3v) is 5.53. The summed E-state index contributed by atoms with van der Waals surface area (Å²) in [4.78, 5) is 38.9. The van der Waals surface area contributed by atoms with Crippen LogP contribution in [-0.4, -0.2) is 30.8 Å². The lowest BCUT2D eigenvalue weighted by molar-refractivity contribution is -0.127. The molecule has 0 radical (unpaired) electrons. The van der Waals surface area contributed by atoms with Crippen molar-refractivity contribution in [3.63, 3.8) is 0 Å². The van der Waals surface area contributed by atoms with Gasteiger partial charge in [-0.3, -0.25) is 14.4 Å². The van der Waals surface area contributed by atoms with Crippen molar-refractivity contribution < 1.29 is 14.4 Å². The Morgan fingerprint density at radius 1 is 1.00 bits per heavy atom. The Morgan fingerprint density at radius 3 is 2.31 bits per heavy atom. The molecule has 0 spiro atoms. The maximum Gasteiger partial charge on any atom is 0.243 e. The summed E-state index contributed by atoms with van der Waals surface area (Å²) in [5, 5.41) is 5.52. The number of benzene rings is 2. The van der Waals surface area contributed by atoms with Gasteiger partial charge in [0.05, 0.1) is 12.5 Å². The van der Waals surface area contributed by atoms with Crippen LogP contribution in [0.2, 0.25) is 0 Å². The number of para-hydroxylation sites is 1. The molecule has 0 aromatic heterocycles. The predicted molar refractivity (Wildman–Crippen MR) is 114 cm³/mol. The summed E-state index contributed by atoms with van der Waals surface area (Å²) in [6, 6.07) is 11.6. The van der Waals surface area contributed by atoms with Crippen molar-refractivity contribution in [3.8, 4) is 0 Å². The summed E-state index contributed by atoms with van der Waals surface area (Å²) < 4.78 is 0. The molecule has 0 saturated carbocycles. The van der Waals surface area contributed by atoms with Crippen LogP contribution in [0.15, 0.2) is 36.4 Å². The van der Waals surface area contributed by atoms with E-state index in [1.165, 1.54) is 0 Å². The molecule has 1 saturated heterocycles. The van der Waals surface area contributed by atoms with Gasteiger partial charge < -0.3 is 15.5 Å². The lowest BCUT2D eigenvalue weighted by Crippen LogP contribution is -2.38. The largest absolute Gasteiger partial charge is 0.347 e. The highest BCUT2D eigenvalue weighted by Gasteiger charge is 2.35. The van der Waals surface area contributed by atoms with E-state index in [4.69, 9.17) is 0 Å². The molecular formula is C23H27N3O3. The Bertz CT molecular complexity index is 948. The third-order valence-electron chi connectivity index (χ3n) is 5.53. The number of hydrogen-bond donors (Lipinski definition) is 2. The number of nitrogens with one attached hydrogen (secondary N) is 2. The van der Waals surface area contributed by atoms with Crippen molar-refractivity contribution in [3.05, 3.63) is 58.7 Å². The highest BCUT2D eigenvalue weighted by molar-refractivity contribution is 6.02. The van der Waals surface area contributed by atoms with E-state index in [1.807, 2.05) is 64.1 Å². The molecule has 152 valence electrons. The second kappa shape index (κ2) is 8.47. The average molecular weight is 393 g/mol. The molecule has 2 N–H and O–H groups in total. The second-order valence-electron chi connectivity index (χ2n) is 7.66. The normalized spacial score (nSPS) is 16.1. The van der Waals surface area contributed by atoms with E-state index in [0.29, 0.717) is 6.54 Å². The number of rotatable bonds is 5. The van der Waals surface area contributed by atoms with Crippen LogP contribution in [0.4, 0.5) is 11.4 Å². The van der Waals surface area contributed by atoms with Crippen LogP contribution in [0.1, 0.15) is 28.7 Å². The minimum atomic E-state index is -0.463. The van der Waals surface area contributed by atoms with Gasteiger partial charge in [0.2, 0.25) is 17.7 Å². The Labute approximate surface area is 171 Å². The van der Waals surface area contributed by atoms with Gasteiger partial charge in [0, 0.05) is 24.3 Å². The van der Waals surface area contributed by atoms with Crippen LogP contribution in [0.25, 0.3) is 0 Å². The highest BCUT2D eigenvalue weighted by Crippen LogP contribution is 2.29. The zero-order chi connectivity index (χ0) is 21.1. The third kappa shape index (κ3) is 4.47. The maximum absolute atomic E-state index is 12.5. The van der Waals surface area contributed by atoms with Crippen molar-refractivity contribution in [2.45, 2.75) is 34.1 Å². The maximum atomic E-state index is 12.5. The number of amides is 3. The molecule has 6 nitrogen and oxygen atoms in total. The minimum absolute atomic E-state index is 0.0705. The van der Waals surface area contributed by atoms with Gasteiger partial charge in [-0.25, -0.2) is 0 Å². The summed E-state index contributed by atoms with van der Waals surface area (Å²) in [5.74, 6) is -1.09. The van der Waals surface area contributed by atoms with Crippen LogP contribution in [0, 0.1) is 33.6 Å². The summed E-state index contributed by atoms with van der Waals surface area (Å²) >= 11 is 0. The van der Waals surface area contributed by atoms with E-state index in [-0.39, 0.29) is 30.7 Å². The average Bonchev–Trinajstić information content (AvgIpc) is 3.06. The Morgan fingerprint density at radius 2 is 1.62 bits per heavy atom. The molecular weight excluding hydrogens is 366 g/mol. The van der Waals surface area contributed by atoms with Gasteiger partial charge in [0.1, 0.15) is 0 Å². The lowest BCUT2D eigenvalue weighted by atomic mass is 10.1. The van der Waals surface area contributed by atoms with Crippen LogP contribution in [-0.2, 0) is 14.4 Å². The first kappa shape index (κ1) is 20.6. The van der Waals surface area contributed by atoms with Crippen molar-refractivity contribution in [1.29, 1.82) is 0 Å². The zero-order valence-electron chi connectivity index (χ0n) is 17.3. The van der Waals surface area contributed by atoms with Gasteiger partial charge in [-0.15, -0.1) is 0 Å². The molecule has 1 aliphatic heterocycles. The fraction of sp³-hybridized carbons (Fsp3) is 0.348. The van der Waals surface area contributed by atoms with E-state index in [9.17, 15) is 14.4 Å². The van der Waals surface area contributed by atoms with E-state index in [1.54, 1.807) is 4.90 Å². The molecule has 29 heavy (non-hydrogen) atoms. The van der Waals surface area contributed by atoms with E-state index in [2.05, 4.69) is 10.6 Å². The SMILES string of the molecule is Cc1cccc(N2CC(C(=O)NCC(=O)Nc3c(C)cccc3C)CC2=O)c1C. The quantitative estimate of drug-likeness (QED) is 0.820. The number of anilines is 2. The second-order valence-corrected chi connectivity index (χ2v) is 7.66. The zero-order valence-corrected chi connectivity index (χ0v) is 17.3. The van der Waals surface area contributed by atoms with Crippen molar-refractivity contribution >= 4 is 29.1 Å². The standard InChI is InChI=1S/C23H27N3O3/c1-14-7-6-10-19(17(14)4)26-13-18(11-21(26)28)23(29)24-12-20(27)25-22-15(2)8-5-9-16(22)3/h5-10,18H,11-13H2,1-4H3,(H,24,29)(H,25,27). The topological polar surface area (TPSA) is 78.5 Å². The number of nitrogens with zero attached hydrogens (tertiary/aromatic N) is 1. The number of carbonyl (C=O) groups excluding carboxylic acids is 3. The highest BCUT2D eigenvalue weighted by atomic mass is 16.2. The Kier molecular flexibility index (Phi) is 6.01. The van der Waals surface area contributed by atoms with Crippen LogP contribution < -0.4 is 15.5 Å². The summed E-state index contributed by atoms with van der Waals surface area (Å²) in [6.45, 7) is 8.02. The van der Waals surface area contributed by atoms with Gasteiger partial charge >= 0.3 is 0 Å². The summed E-state index contributed by atoms with van der Waals surface area (Å²) in [6.07, 6.45) is 0.151. The summed E-state index contributed by atoms with van der Waals surface area (Å²) in [5.41, 5.74) is 5.69. The summed E-state index contributed by atoms with van der Waals surface area (Å²) in [7, 11) is 0. The van der Waals surface area contributed by atoms with E-state index >= 15 is 0 Å². The molecule has 1 atom stereocenters. The number of aryl methyl sites for hydroxylation is 3. The molecule has 6 heteroatoms. The van der Waals surface area contributed by atoms with Gasteiger partial charge in [0.15, 0.2) is 0 Å². The molecule has 0 bridgehead atoms. The molecule has 2 aromatic rings. The monoisotopic (exact) mass is 393 g/mol. The molecule has 1 heterocycles. The van der Waals surface area contributed by atoms with Gasteiger partial charge in [0.25, 0.3) is 0 Å². The van der Waals surface area contributed by atoms with Crippen LogP contribution in [0.3, 0.4) is 0 Å². The van der Waals surface area contributed by atoms with Gasteiger partial charge in [-0.2, -0.15) is 0 Å². The number of hydrogen-bond acceptors (Lipinski definition) is 3. The molecule has 2 aromatic carbocycles. The predicted octanol–water partition coefficient (Wildman–Crippen LogP) is 3.03. The van der Waals surface area contributed by atoms with Crippen molar-refractivity contribution in [1.82, 2.24) is 5.32 Å². The molecule has 1 fully saturated rings. The molecule has 1 aliphatic rings. The Balaban J connectivity index is 1.58. The van der Waals surface area contributed by atoms with Crippen LogP contribution >= 0.6 is 0 Å². The smallest absolute Gasteiger partial charge is 0.243 e. The molecule has 1 unspecified atom stereocenters. The van der Waals surface area contributed by atoms with Gasteiger partial charge in [-0.1, -0.05) is 30.3 Å². The first-order valence-corrected chi connectivity index (χ1v) is 9.78. The Hall–Kier alpha value is -3.15. The van der Waals surface area contributed by atoms with E-state index in [0.717, 1.165) is 33.6 Å². The van der Waals surface area contributed by atoms with Gasteiger partial charge in [-0.05, 0) is 56.0 Å². The van der Waals surface area contributed by atoms with Crippen molar-refractivity contribution in [2.24, 2.45) is 5.92 Å². The first-order chi connectivity index (χ1) is 13.8.